The first-order chi connectivity index (χ1) is 7.68. The minimum atomic E-state index is 0.0296. The first-order valence-corrected chi connectivity index (χ1v) is 6.39. The maximum Gasteiger partial charge on any atom is 0.229 e. The van der Waals surface area contributed by atoms with Gasteiger partial charge in [-0.3, -0.25) is 4.79 Å². The fourth-order valence-electron chi connectivity index (χ4n) is 2.82. The van der Waals surface area contributed by atoms with Crippen LogP contribution < -0.4 is 5.73 Å². The van der Waals surface area contributed by atoms with Crippen LogP contribution in [0.5, 0.6) is 0 Å². The highest BCUT2D eigenvalue weighted by atomic mass is 16.2. The monoisotopic (exact) mass is 222 g/mol. The first kappa shape index (κ1) is 11.6. The molecule has 2 atom stereocenters. The van der Waals surface area contributed by atoms with Gasteiger partial charge in [0, 0.05) is 19.1 Å². The van der Waals surface area contributed by atoms with Gasteiger partial charge in [0.15, 0.2) is 0 Å². The summed E-state index contributed by atoms with van der Waals surface area (Å²) in [5.41, 5.74) is 5.78. The van der Waals surface area contributed by atoms with Gasteiger partial charge in [-0.1, -0.05) is 31.4 Å². The lowest BCUT2D eigenvalue weighted by atomic mass is 9.93. The summed E-state index contributed by atoms with van der Waals surface area (Å²) in [7, 11) is 1.95. The van der Waals surface area contributed by atoms with E-state index in [4.69, 9.17) is 5.73 Å². The van der Waals surface area contributed by atoms with E-state index in [1.807, 2.05) is 24.1 Å². The van der Waals surface area contributed by atoms with Crippen molar-refractivity contribution < 1.29 is 4.79 Å². The number of carbonyl (C=O) groups excluding carboxylic acids is 1. The van der Waals surface area contributed by atoms with Crippen LogP contribution >= 0.6 is 0 Å². The molecule has 1 amide bonds. The SMILES string of the molecule is CN(C(=O)C1C=CC(N)C1)C1CCCCC1. The number of carbonyl (C=O) groups is 1. The molecule has 16 heavy (non-hydrogen) atoms. The number of amides is 1. The standard InChI is InChI=1S/C13H22N2O/c1-15(12-5-3-2-4-6-12)13(16)10-7-8-11(14)9-10/h7-8,10-12H,2-6,9,14H2,1H3. The van der Waals surface area contributed by atoms with Crippen molar-refractivity contribution in [3.8, 4) is 0 Å². The first-order valence-electron chi connectivity index (χ1n) is 6.39. The molecule has 1 fully saturated rings. The molecular formula is C13H22N2O. The molecule has 2 unspecified atom stereocenters. The van der Waals surface area contributed by atoms with Gasteiger partial charge in [-0.25, -0.2) is 0 Å². The number of nitrogens with zero attached hydrogens (tertiary/aromatic N) is 1. The van der Waals surface area contributed by atoms with Crippen molar-refractivity contribution in [1.82, 2.24) is 4.90 Å². The van der Waals surface area contributed by atoms with Gasteiger partial charge < -0.3 is 10.6 Å². The van der Waals surface area contributed by atoms with Gasteiger partial charge in [-0.2, -0.15) is 0 Å². The number of rotatable bonds is 2. The minimum absolute atomic E-state index is 0.0296. The molecule has 90 valence electrons. The Hall–Kier alpha value is -0.830. The smallest absolute Gasteiger partial charge is 0.229 e. The quantitative estimate of drug-likeness (QED) is 0.723. The van der Waals surface area contributed by atoms with E-state index in [0.717, 1.165) is 6.42 Å². The third-order valence-corrected chi connectivity index (χ3v) is 3.90. The summed E-state index contributed by atoms with van der Waals surface area (Å²) in [6.45, 7) is 0. The summed E-state index contributed by atoms with van der Waals surface area (Å²) in [6, 6.07) is 0.542. The lowest BCUT2D eigenvalue weighted by Crippen LogP contribution is -2.41. The van der Waals surface area contributed by atoms with E-state index in [9.17, 15) is 4.79 Å². The topological polar surface area (TPSA) is 46.3 Å². The van der Waals surface area contributed by atoms with E-state index < -0.39 is 0 Å². The molecule has 0 radical (unpaired) electrons. The average molecular weight is 222 g/mol. The van der Waals surface area contributed by atoms with Crippen LogP contribution in [-0.2, 0) is 4.79 Å². The zero-order chi connectivity index (χ0) is 11.5. The third-order valence-electron chi connectivity index (χ3n) is 3.90. The molecule has 2 N–H and O–H groups in total. The van der Waals surface area contributed by atoms with E-state index in [0.29, 0.717) is 6.04 Å². The van der Waals surface area contributed by atoms with Gasteiger partial charge in [-0.05, 0) is 19.3 Å². The minimum Gasteiger partial charge on any atom is -0.342 e. The Morgan fingerprint density at radius 2 is 1.94 bits per heavy atom. The van der Waals surface area contributed by atoms with Crippen molar-refractivity contribution in [3.05, 3.63) is 12.2 Å². The van der Waals surface area contributed by atoms with Gasteiger partial charge in [0.1, 0.15) is 0 Å². The van der Waals surface area contributed by atoms with Crippen molar-refractivity contribution >= 4 is 5.91 Å². The largest absolute Gasteiger partial charge is 0.342 e. The van der Waals surface area contributed by atoms with Crippen LogP contribution in [0.15, 0.2) is 12.2 Å². The molecular weight excluding hydrogens is 200 g/mol. The Morgan fingerprint density at radius 1 is 1.25 bits per heavy atom. The second-order valence-corrected chi connectivity index (χ2v) is 5.13. The Balaban J connectivity index is 1.91. The molecule has 2 aliphatic carbocycles. The zero-order valence-corrected chi connectivity index (χ0v) is 10.1. The van der Waals surface area contributed by atoms with E-state index in [1.54, 1.807) is 0 Å². The highest BCUT2D eigenvalue weighted by Crippen LogP contribution is 2.25. The predicted molar refractivity (Wildman–Crippen MR) is 64.9 cm³/mol. The molecule has 3 nitrogen and oxygen atoms in total. The number of nitrogens with two attached hydrogens (primary N) is 1. The summed E-state index contributed by atoms with van der Waals surface area (Å²) in [5, 5.41) is 0. The molecule has 2 rings (SSSR count). The highest BCUT2D eigenvalue weighted by molar-refractivity contribution is 5.81. The number of hydrogen-bond donors (Lipinski definition) is 1. The van der Waals surface area contributed by atoms with E-state index in [-0.39, 0.29) is 17.9 Å². The van der Waals surface area contributed by atoms with Gasteiger partial charge in [0.25, 0.3) is 0 Å². The Morgan fingerprint density at radius 3 is 2.50 bits per heavy atom. The third kappa shape index (κ3) is 2.46. The van der Waals surface area contributed by atoms with Gasteiger partial charge in [0.2, 0.25) is 5.91 Å². The summed E-state index contributed by atoms with van der Waals surface area (Å²) in [5.74, 6) is 0.290. The Kier molecular flexibility index (Phi) is 3.64. The van der Waals surface area contributed by atoms with Crippen LogP contribution in [0.25, 0.3) is 0 Å². The predicted octanol–water partition coefficient (Wildman–Crippen LogP) is 1.68. The molecule has 2 aliphatic rings. The van der Waals surface area contributed by atoms with E-state index >= 15 is 0 Å². The van der Waals surface area contributed by atoms with Gasteiger partial charge >= 0.3 is 0 Å². The molecule has 0 heterocycles. The second-order valence-electron chi connectivity index (χ2n) is 5.13. The van der Waals surface area contributed by atoms with Gasteiger partial charge in [-0.15, -0.1) is 0 Å². The molecule has 0 aliphatic heterocycles. The van der Waals surface area contributed by atoms with Gasteiger partial charge in [0.05, 0.1) is 5.92 Å². The molecule has 0 aromatic carbocycles. The van der Waals surface area contributed by atoms with E-state index in [2.05, 4.69) is 0 Å². The summed E-state index contributed by atoms with van der Waals surface area (Å²) >= 11 is 0. The van der Waals surface area contributed by atoms with Crippen LogP contribution in [0.1, 0.15) is 38.5 Å². The molecule has 0 bridgehead atoms. The molecule has 3 heteroatoms. The maximum atomic E-state index is 12.2. The zero-order valence-electron chi connectivity index (χ0n) is 10.1. The van der Waals surface area contributed by atoms with Crippen LogP contribution in [0.4, 0.5) is 0 Å². The van der Waals surface area contributed by atoms with Crippen LogP contribution in [0, 0.1) is 5.92 Å². The Labute approximate surface area is 97.7 Å². The summed E-state index contributed by atoms with van der Waals surface area (Å²) < 4.78 is 0. The lowest BCUT2D eigenvalue weighted by Gasteiger charge is -2.32. The lowest BCUT2D eigenvalue weighted by molar-refractivity contribution is -0.135. The van der Waals surface area contributed by atoms with Crippen molar-refractivity contribution in [2.75, 3.05) is 7.05 Å². The Bertz CT molecular complexity index is 282. The van der Waals surface area contributed by atoms with Crippen molar-refractivity contribution in [1.29, 1.82) is 0 Å². The average Bonchev–Trinajstić information content (AvgIpc) is 2.75. The molecule has 0 saturated heterocycles. The second kappa shape index (κ2) is 5.00. The maximum absolute atomic E-state index is 12.2. The van der Waals surface area contributed by atoms with Crippen LogP contribution in [0.2, 0.25) is 0 Å². The van der Waals surface area contributed by atoms with E-state index in [1.165, 1.54) is 32.1 Å². The fourth-order valence-corrected chi connectivity index (χ4v) is 2.82. The van der Waals surface area contributed by atoms with Crippen LogP contribution in [-0.4, -0.2) is 29.9 Å². The number of hydrogen-bond acceptors (Lipinski definition) is 2. The molecule has 0 aromatic rings. The van der Waals surface area contributed by atoms with Crippen molar-refractivity contribution in [3.63, 3.8) is 0 Å². The molecule has 1 saturated carbocycles. The molecule has 0 spiro atoms. The fraction of sp³-hybridized carbons (Fsp3) is 0.769. The normalized spacial score (nSPS) is 30.6. The molecule has 0 aromatic heterocycles. The summed E-state index contributed by atoms with van der Waals surface area (Å²) in [4.78, 5) is 14.2. The summed E-state index contributed by atoms with van der Waals surface area (Å²) in [6.07, 6.45) is 10.9. The van der Waals surface area contributed by atoms with Crippen molar-refractivity contribution in [2.24, 2.45) is 11.7 Å². The van der Waals surface area contributed by atoms with Crippen LogP contribution in [0.3, 0.4) is 0 Å². The van der Waals surface area contributed by atoms with Crippen molar-refractivity contribution in [2.45, 2.75) is 50.6 Å². The highest BCUT2D eigenvalue weighted by Gasteiger charge is 2.29.